The Morgan fingerprint density at radius 1 is 1.50 bits per heavy atom. The minimum absolute atomic E-state index is 0.173. The summed E-state index contributed by atoms with van der Waals surface area (Å²) in [6, 6.07) is 1.99. The number of hydrogen-bond donors (Lipinski definition) is 3. The van der Waals surface area contributed by atoms with Crippen molar-refractivity contribution in [1.82, 2.24) is 9.97 Å². The summed E-state index contributed by atoms with van der Waals surface area (Å²) in [7, 11) is 0. The largest absolute Gasteiger partial charge is 0.396 e. The smallest absolute Gasteiger partial charge is 0.223 e. The third kappa shape index (κ3) is 2.74. The normalized spacial score (nSPS) is 24.6. The van der Waals surface area contributed by atoms with Gasteiger partial charge in [0.15, 0.2) is 0 Å². The molecule has 0 aliphatic heterocycles. The summed E-state index contributed by atoms with van der Waals surface area (Å²) in [6.45, 7) is 0.255. The highest BCUT2D eigenvalue weighted by Crippen LogP contribution is 2.27. The average Bonchev–Trinajstić information content (AvgIpc) is 2.64. The van der Waals surface area contributed by atoms with Crippen LogP contribution in [0.5, 0.6) is 0 Å². The van der Waals surface area contributed by atoms with Gasteiger partial charge in [0, 0.05) is 18.7 Å². The summed E-state index contributed by atoms with van der Waals surface area (Å²) in [5, 5.41) is 12.6. The Hall–Kier alpha value is -1.07. The molecule has 1 aromatic heterocycles. The van der Waals surface area contributed by atoms with Crippen LogP contribution in [-0.2, 0) is 0 Å². The summed E-state index contributed by atoms with van der Waals surface area (Å²) >= 11 is 5.78. The summed E-state index contributed by atoms with van der Waals surface area (Å²) < 4.78 is 0. The van der Waals surface area contributed by atoms with Crippen molar-refractivity contribution in [3.05, 3.63) is 11.2 Å². The molecule has 0 unspecified atom stereocenters. The molecule has 1 aliphatic rings. The van der Waals surface area contributed by atoms with Gasteiger partial charge in [0.05, 0.1) is 0 Å². The lowest BCUT2D eigenvalue weighted by atomic mass is 10.1. The second-order valence-electron chi connectivity index (χ2n) is 4.14. The minimum atomic E-state index is 0.173. The van der Waals surface area contributed by atoms with E-state index in [-0.39, 0.29) is 12.6 Å². The van der Waals surface area contributed by atoms with Crippen LogP contribution in [0.2, 0.25) is 5.15 Å². The first-order valence-electron chi connectivity index (χ1n) is 5.35. The van der Waals surface area contributed by atoms with Crippen molar-refractivity contribution in [2.24, 2.45) is 5.92 Å². The first-order valence-corrected chi connectivity index (χ1v) is 5.72. The van der Waals surface area contributed by atoms with Gasteiger partial charge in [-0.25, -0.2) is 4.98 Å². The van der Waals surface area contributed by atoms with Crippen molar-refractivity contribution in [3.63, 3.8) is 0 Å². The molecule has 0 aromatic carbocycles. The lowest BCUT2D eigenvalue weighted by Crippen LogP contribution is -2.17. The van der Waals surface area contributed by atoms with E-state index in [0.717, 1.165) is 19.3 Å². The molecule has 6 heteroatoms. The van der Waals surface area contributed by atoms with Crippen LogP contribution >= 0.6 is 11.6 Å². The SMILES string of the molecule is Nc1nc(Cl)cc(N[C@H]2CC[C@@H](CO)C2)n1. The molecule has 1 heterocycles. The Labute approximate surface area is 99.0 Å². The predicted molar refractivity (Wildman–Crippen MR) is 63.3 cm³/mol. The van der Waals surface area contributed by atoms with E-state index in [2.05, 4.69) is 15.3 Å². The second kappa shape index (κ2) is 4.84. The van der Waals surface area contributed by atoms with Gasteiger partial charge in [-0.15, -0.1) is 0 Å². The monoisotopic (exact) mass is 242 g/mol. The van der Waals surface area contributed by atoms with Crippen LogP contribution < -0.4 is 11.1 Å². The zero-order valence-corrected chi connectivity index (χ0v) is 9.61. The van der Waals surface area contributed by atoms with Gasteiger partial charge >= 0.3 is 0 Å². The fourth-order valence-electron chi connectivity index (χ4n) is 2.09. The lowest BCUT2D eigenvalue weighted by molar-refractivity contribution is 0.229. The molecule has 4 N–H and O–H groups in total. The molecule has 1 saturated carbocycles. The Morgan fingerprint density at radius 3 is 2.94 bits per heavy atom. The van der Waals surface area contributed by atoms with Gasteiger partial charge < -0.3 is 16.2 Å². The van der Waals surface area contributed by atoms with Gasteiger partial charge in [0.1, 0.15) is 11.0 Å². The second-order valence-corrected chi connectivity index (χ2v) is 4.52. The predicted octanol–water partition coefficient (Wildman–Crippen LogP) is 1.29. The van der Waals surface area contributed by atoms with Gasteiger partial charge in [-0.3, -0.25) is 0 Å². The minimum Gasteiger partial charge on any atom is -0.396 e. The van der Waals surface area contributed by atoms with E-state index in [1.807, 2.05) is 0 Å². The molecule has 2 atom stereocenters. The van der Waals surface area contributed by atoms with Crippen LogP contribution in [0, 0.1) is 5.92 Å². The number of halogens is 1. The van der Waals surface area contributed by atoms with Crippen molar-refractivity contribution < 1.29 is 5.11 Å². The topological polar surface area (TPSA) is 84.1 Å². The van der Waals surface area contributed by atoms with Crippen LogP contribution in [-0.4, -0.2) is 27.7 Å². The van der Waals surface area contributed by atoms with Crippen molar-refractivity contribution in [1.29, 1.82) is 0 Å². The first-order chi connectivity index (χ1) is 7.67. The zero-order valence-electron chi connectivity index (χ0n) is 8.86. The highest BCUT2D eigenvalue weighted by Gasteiger charge is 2.24. The molecule has 0 saturated heterocycles. The maximum Gasteiger partial charge on any atom is 0.223 e. The molecule has 0 bridgehead atoms. The number of nitrogens with one attached hydrogen (secondary N) is 1. The van der Waals surface area contributed by atoms with Gasteiger partial charge in [0.25, 0.3) is 0 Å². The molecule has 1 aromatic rings. The summed E-state index contributed by atoms with van der Waals surface area (Å²) in [5.41, 5.74) is 5.50. The maximum atomic E-state index is 9.04. The van der Waals surface area contributed by atoms with E-state index in [1.165, 1.54) is 0 Å². The van der Waals surface area contributed by atoms with Crippen molar-refractivity contribution in [3.8, 4) is 0 Å². The fraction of sp³-hybridized carbons (Fsp3) is 0.600. The molecule has 16 heavy (non-hydrogen) atoms. The van der Waals surface area contributed by atoms with Gasteiger partial charge in [-0.2, -0.15) is 4.98 Å². The summed E-state index contributed by atoms with van der Waals surface area (Å²) in [5.74, 6) is 1.22. The molecule has 0 amide bonds. The molecule has 2 rings (SSSR count). The van der Waals surface area contributed by atoms with Crippen LogP contribution in [0.25, 0.3) is 0 Å². The van der Waals surface area contributed by atoms with Crippen molar-refractivity contribution in [2.75, 3.05) is 17.7 Å². The Balaban J connectivity index is 1.99. The quantitative estimate of drug-likeness (QED) is 0.696. The molecular formula is C10H15ClN4O. The number of nitrogens with zero attached hydrogens (tertiary/aromatic N) is 2. The van der Waals surface area contributed by atoms with Crippen molar-refractivity contribution in [2.45, 2.75) is 25.3 Å². The van der Waals surface area contributed by atoms with E-state index >= 15 is 0 Å². The third-order valence-electron chi connectivity index (χ3n) is 2.86. The van der Waals surface area contributed by atoms with E-state index < -0.39 is 0 Å². The molecular weight excluding hydrogens is 228 g/mol. The molecule has 88 valence electrons. The number of nitrogens with two attached hydrogens (primary N) is 1. The van der Waals surface area contributed by atoms with E-state index in [0.29, 0.717) is 22.9 Å². The number of anilines is 2. The van der Waals surface area contributed by atoms with Crippen LogP contribution in [0.3, 0.4) is 0 Å². The number of aliphatic hydroxyl groups is 1. The summed E-state index contributed by atoms with van der Waals surface area (Å²) in [6.07, 6.45) is 3.03. The van der Waals surface area contributed by atoms with E-state index in [4.69, 9.17) is 22.4 Å². The standard InChI is InChI=1S/C10H15ClN4O/c11-8-4-9(15-10(12)14-8)13-7-2-1-6(3-7)5-16/h4,6-7,16H,1-3,5H2,(H3,12,13,14,15)/t6-,7+/m1/s1. The van der Waals surface area contributed by atoms with Gasteiger partial charge in [-0.05, 0) is 25.2 Å². The number of rotatable bonds is 3. The number of hydrogen-bond acceptors (Lipinski definition) is 5. The first kappa shape index (κ1) is 11.4. The average molecular weight is 243 g/mol. The van der Waals surface area contributed by atoms with Crippen LogP contribution in [0.15, 0.2) is 6.07 Å². The maximum absolute atomic E-state index is 9.04. The highest BCUT2D eigenvalue weighted by atomic mass is 35.5. The van der Waals surface area contributed by atoms with Crippen molar-refractivity contribution >= 4 is 23.4 Å². The van der Waals surface area contributed by atoms with Crippen LogP contribution in [0.1, 0.15) is 19.3 Å². The third-order valence-corrected chi connectivity index (χ3v) is 3.06. The van der Waals surface area contributed by atoms with Gasteiger partial charge in [-0.1, -0.05) is 11.6 Å². The Kier molecular flexibility index (Phi) is 3.46. The zero-order chi connectivity index (χ0) is 11.5. The van der Waals surface area contributed by atoms with Crippen LogP contribution in [0.4, 0.5) is 11.8 Å². The highest BCUT2D eigenvalue weighted by molar-refractivity contribution is 6.29. The fourth-order valence-corrected chi connectivity index (χ4v) is 2.28. The van der Waals surface area contributed by atoms with Gasteiger partial charge in [0.2, 0.25) is 5.95 Å². The summed E-state index contributed by atoms with van der Waals surface area (Å²) in [4.78, 5) is 7.85. The van der Waals surface area contributed by atoms with E-state index in [9.17, 15) is 0 Å². The molecule has 1 aliphatic carbocycles. The lowest BCUT2D eigenvalue weighted by Gasteiger charge is -2.13. The molecule has 1 fully saturated rings. The molecule has 0 spiro atoms. The Bertz CT molecular complexity index is 354. The number of nitrogen functional groups attached to an aromatic ring is 1. The number of aromatic nitrogens is 2. The molecule has 0 radical (unpaired) electrons. The van der Waals surface area contributed by atoms with E-state index in [1.54, 1.807) is 6.07 Å². The number of aliphatic hydroxyl groups excluding tert-OH is 1. The Morgan fingerprint density at radius 2 is 2.31 bits per heavy atom. The molecule has 5 nitrogen and oxygen atoms in total.